The van der Waals surface area contributed by atoms with Gasteiger partial charge in [0.15, 0.2) is 5.13 Å². The van der Waals surface area contributed by atoms with E-state index >= 15 is 0 Å². The molecular weight excluding hydrogens is 580 g/mol. The number of alkyl carbamates (subject to hydrolysis) is 1. The van der Waals surface area contributed by atoms with E-state index in [9.17, 15) is 22.8 Å². The number of amides is 3. The minimum Gasteiger partial charge on any atom is -0.444 e. The lowest BCUT2D eigenvalue weighted by Crippen LogP contribution is -2.35. The fourth-order valence-electron chi connectivity index (χ4n) is 3.68. The largest absolute Gasteiger partial charge is 0.444 e. The lowest BCUT2D eigenvalue weighted by Gasteiger charge is -2.19. The molecule has 0 radical (unpaired) electrons. The van der Waals surface area contributed by atoms with Gasteiger partial charge >= 0.3 is 6.09 Å². The van der Waals surface area contributed by atoms with Gasteiger partial charge in [0, 0.05) is 42.3 Å². The van der Waals surface area contributed by atoms with Gasteiger partial charge < -0.3 is 20.7 Å². The SMILES string of the molecule is CC(C)(C)OC(=O)NCCS(=O)(=O)n1ccc(C(=O)NCC(=O)Nc2nc(-c3cccc(-c4ccncc4)c3)cs2)c1. The van der Waals surface area contributed by atoms with Crippen molar-refractivity contribution in [3.8, 4) is 22.4 Å². The Morgan fingerprint density at radius 2 is 1.74 bits per heavy atom. The molecule has 4 rings (SSSR count). The quantitative estimate of drug-likeness (QED) is 0.245. The lowest BCUT2D eigenvalue weighted by atomic mass is 10.0. The summed E-state index contributed by atoms with van der Waals surface area (Å²) in [7, 11) is -3.85. The maximum atomic E-state index is 12.6. The van der Waals surface area contributed by atoms with Crippen LogP contribution in [0.2, 0.25) is 0 Å². The number of ether oxygens (including phenoxy) is 1. The first-order valence-corrected chi connectivity index (χ1v) is 15.3. The van der Waals surface area contributed by atoms with Crippen LogP contribution in [0.15, 0.2) is 72.6 Å². The topological polar surface area (TPSA) is 161 Å². The standard InChI is InChI=1S/C28H30N6O6S2/c1-28(2,3)40-27(37)30-12-14-42(38,39)34-13-9-22(17-34)25(36)31-16-24(35)33-26-32-23(18-41-26)21-6-4-5-20(15-21)19-7-10-29-11-8-19/h4-11,13,15,17-18H,12,14,16H2,1-3H3,(H,30,37)(H,31,36)(H,32,33,35). The van der Waals surface area contributed by atoms with Gasteiger partial charge in [-0.2, -0.15) is 0 Å². The summed E-state index contributed by atoms with van der Waals surface area (Å²) < 4.78 is 31.1. The second-order valence-electron chi connectivity index (χ2n) is 10.1. The van der Waals surface area contributed by atoms with Crippen molar-refractivity contribution < 1.29 is 27.5 Å². The van der Waals surface area contributed by atoms with Crippen LogP contribution in [-0.4, -0.2) is 64.7 Å². The van der Waals surface area contributed by atoms with Gasteiger partial charge in [-0.25, -0.2) is 18.2 Å². The van der Waals surface area contributed by atoms with Crippen LogP contribution in [0.5, 0.6) is 0 Å². The summed E-state index contributed by atoms with van der Waals surface area (Å²) in [4.78, 5) is 45.2. The van der Waals surface area contributed by atoms with Crippen LogP contribution in [0.25, 0.3) is 22.4 Å². The molecule has 3 amide bonds. The van der Waals surface area contributed by atoms with Gasteiger partial charge in [0.1, 0.15) is 5.60 Å². The van der Waals surface area contributed by atoms with E-state index < -0.39 is 39.3 Å². The predicted octanol–water partition coefficient (Wildman–Crippen LogP) is 3.74. The molecule has 0 bridgehead atoms. The van der Waals surface area contributed by atoms with E-state index in [0.29, 0.717) is 10.8 Å². The number of aromatic nitrogens is 3. The summed E-state index contributed by atoms with van der Waals surface area (Å²) in [6.07, 6.45) is 5.09. The van der Waals surface area contributed by atoms with Crippen molar-refractivity contribution in [3.05, 3.63) is 78.2 Å². The average Bonchev–Trinajstić information content (AvgIpc) is 3.62. The van der Waals surface area contributed by atoms with Crippen molar-refractivity contribution in [1.82, 2.24) is 24.6 Å². The number of hydrogen-bond donors (Lipinski definition) is 3. The Balaban J connectivity index is 1.27. The molecule has 0 aliphatic rings. The second-order valence-corrected chi connectivity index (χ2v) is 12.9. The van der Waals surface area contributed by atoms with Crippen LogP contribution in [0.3, 0.4) is 0 Å². The molecule has 220 valence electrons. The van der Waals surface area contributed by atoms with Gasteiger partial charge in [-0.15, -0.1) is 11.3 Å². The van der Waals surface area contributed by atoms with Crippen molar-refractivity contribution in [2.45, 2.75) is 26.4 Å². The highest BCUT2D eigenvalue weighted by atomic mass is 32.2. The number of anilines is 1. The monoisotopic (exact) mass is 610 g/mol. The minimum atomic E-state index is -3.85. The molecule has 42 heavy (non-hydrogen) atoms. The Morgan fingerprint density at radius 3 is 2.48 bits per heavy atom. The van der Waals surface area contributed by atoms with Crippen molar-refractivity contribution in [1.29, 1.82) is 0 Å². The number of benzene rings is 1. The molecule has 3 N–H and O–H groups in total. The fraction of sp³-hybridized carbons (Fsp3) is 0.250. The fourth-order valence-corrected chi connectivity index (χ4v) is 5.51. The van der Waals surface area contributed by atoms with Gasteiger partial charge in [0.25, 0.3) is 5.91 Å². The molecule has 12 nitrogen and oxygen atoms in total. The number of carbonyl (C=O) groups excluding carboxylic acids is 3. The Kier molecular flexibility index (Phi) is 9.38. The summed E-state index contributed by atoms with van der Waals surface area (Å²) in [6, 6.07) is 13.0. The minimum absolute atomic E-state index is 0.0529. The molecule has 0 aliphatic carbocycles. The van der Waals surface area contributed by atoms with Crippen LogP contribution in [0.1, 0.15) is 31.1 Å². The molecule has 4 aromatic rings. The van der Waals surface area contributed by atoms with Gasteiger partial charge in [0.2, 0.25) is 15.9 Å². The Morgan fingerprint density at radius 1 is 1.00 bits per heavy atom. The summed E-state index contributed by atoms with van der Waals surface area (Å²) >= 11 is 1.25. The van der Waals surface area contributed by atoms with Gasteiger partial charge in [-0.3, -0.25) is 18.5 Å². The maximum absolute atomic E-state index is 12.6. The van der Waals surface area contributed by atoms with Gasteiger partial charge in [-0.1, -0.05) is 18.2 Å². The van der Waals surface area contributed by atoms with Crippen LogP contribution < -0.4 is 16.0 Å². The summed E-state index contributed by atoms with van der Waals surface area (Å²) in [5.74, 6) is -1.53. The highest BCUT2D eigenvalue weighted by Crippen LogP contribution is 2.28. The number of nitrogens with one attached hydrogen (secondary N) is 3. The van der Waals surface area contributed by atoms with E-state index in [1.807, 2.05) is 41.8 Å². The van der Waals surface area contributed by atoms with Crippen LogP contribution in [-0.2, 0) is 19.6 Å². The molecule has 3 heterocycles. The molecular formula is C28H30N6O6S2. The molecule has 0 saturated carbocycles. The number of thiazole rings is 1. The summed E-state index contributed by atoms with van der Waals surface area (Å²) in [5, 5.41) is 9.71. The van der Waals surface area contributed by atoms with E-state index in [4.69, 9.17) is 4.74 Å². The Bertz CT molecular complexity index is 1680. The Hall–Kier alpha value is -4.56. The van der Waals surface area contributed by atoms with Crippen molar-refractivity contribution in [3.63, 3.8) is 0 Å². The van der Waals surface area contributed by atoms with Crippen molar-refractivity contribution in [2.75, 3.05) is 24.2 Å². The molecule has 0 saturated heterocycles. The van der Waals surface area contributed by atoms with Crippen molar-refractivity contribution >= 4 is 44.4 Å². The van der Waals surface area contributed by atoms with E-state index in [0.717, 1.165) is 26.9 Å². The molecule has 1 aromatic carbocycles. The van der Waals surface area contributed by atoms with Crippen LogP contribution in [0, 0.1) is 0 Å². The predicted molar refractivity (Wildman–Crippen MR) is 160 cm³/mol. The number of nitrogens with zero attached hydrogens (tertiary/aromatic N) is 3. The first-order chi connectivity index (χ1) is 19.9. The van der Waals surface area contributed by atoms with E-state index in [1.165, 1.54) is 23.6 Å². The zero-order chi connectivity index (χ0) is 30.3. The smallest absolute Gasteiger partial charge is 0.407 e. The molecule has 0 aliphatic heterocycles. The molecule has 0 fully saturated rings. The normalized spacial score (nSPS) is 11.5. The molecule has 0 spiro atoms. The zero-order valence-corrected chi connectivity index (χ0v) is 24.8. The van der Waals surface area contributed by atoms with E-state index in [2.05, 4.69) is 25.9 Å². The van der Waals surface area contributed by atoms with Crippen LogP contribution in [0.4, 0.5) is 9.93 Å². The third kappa shape index (κ3) is 8.47. The van der Waals surface area contributed by atoms with E-state index in [-0.39, 0.29) is 18.7 Å². The zero-order valence-electron chi connectivity index (χ0n) is 23.2. The van der Waals surface area contributed by atoms with Crippen molar-refractivity contribution in [2.24, 2.45) is 0 Å². The molecule has 0 atom stereocenters. The van der Waals surface area contributed by atoms with Gasteiger partial charge in [-0.05, 0) is 56.2 Å². The second kappa shape index (κ2) is 13.0. The molecule has 0 unspecified atom stereocenters. The van der Waals surface area contributed by atoms with Crippen LogP contribution >= 0.6 is 11.3 Å². The molecule has 14 heteroatoms. The lowest BCUT2D eigenvalue weighted by molar-refractivity contribution is -0.115. The number of rotatable bonds is 10. The third-order valence-corrected chi connectivity index (χ3v) is 7.96. The first kappa shape index (κ1) is 30.4. The number of pyridine rings is 1. The number of hydrogen-bond acceptors (Lipinski definition) is 9. The Labute approximate surface area is 247 Å². The highest BCUT2D eigenvalue weighted by Gasteiger charge is 2.19. The number of carbonyl (C=O) groups is 3. The average molecular weight is 611 g/mol. The first-order valence-electron chi connectivity index (χ1n) is 12.8. The molecule has 3 aromatic heterocycles. The highest BCUT2D eigenvalue weighted by molar-refractivity contribution is 7.89. The van der Waals surface area contributed by atoms with E-state index in [1.54, 1.807) is 33.2 Å². The third-order valence-electron chi connectivity index (χ3n) is 5.61. The maximum Gasteiger partial charge on any atom is 0.407 e. The summed E-state index contributed by atoms with van der Waals surface area (Å²) in [5.41, 5.74) is 2.95. The summed E-state index contributed by atoms with van der Waals surface area (Å²) in [6.45, 7) is 4.56. The van der Waals surface area contributed by atoms with Gasteiger partial charge in [0.05, 0.1) is 23.6 Å².